The molecule has 43 heavy (non-hydrogen) atoms. The number of hydrogen-bond donors (Lipinski definition) is 1. The lowest BCUT2D eigenvalue weighted by Gasteiger charge is -2.36. The van der Waals surface area contributed by atoms with Gasteiger partial charge in [0.1, 0.15) is 11.6 Å². The molecule has 3 aromatic heterocycles. The predicted molar refractivity (Wildman–Crippen MR) is 159 cm³/mol. The molecule has 2 aliphatic heterocycles. The third kappa shape index (κ3) is 6.08. The number of anilines is 1. The number of nitrogens with one attached hydrogen (secondary N) is 1. The highest BCUT2D eigenvalue weighted by Gasteiger charge is 2.30. The second kappa shape index (κ2) is 11.6. The van der Waals surface area contributed by atoms with Gasteiger partial charge in [0.05, 0.1) is 64.7 Å². The lowest BCUT2D eigenvalue weighted by Crippen LogP contribution is -2.45. The van der Waals surface area contributed by atoms with Gasteiger partial charge in [-0.1, -0.05) is 6.07 Å². The van der Waals surface area contributed by atoms with Gasteiger partial charge in [0.25, 0.3) is 5.91 Å². The Morgan fingerprint density at radius 2 is 1.81 bits per heavy atom. The second-order valence-corrected chi connectivity index (χ2v) is 13.1. The van der Waals surface area contributed by atoms with Crippen molar-refractivity contribution in [3.05, 3.63) is 77.4 Å². The van der Waals surface area contributed by atoms with E-state index in [-0.39, 0.29) is 47.1 Å². The van der Waals surface area contributed by atoms with Crippen LogP contribution < -0.4 is 10.2 Å². The van der Waals surface area contributed by atoms with Gasteiger partial charge in [-0.2, -0.15) is 0 Å². The van der Waals surface area contributed by atoms with E-state index in [2.05, 4.69) is 29.0 Å². The Hall–Kier alpha value is -4.00. The van der Waals surface area contributed by atoms with E-state index in [4.69, 9.17) is 19.4 Å². The fraction of sp³-hybridized carbons (Fsp3) is 0.355. The summed E-state index contributed by atoms with van der Waals surface area (Å²) in [4.78, 5) is 29.1. The molecule has 224 valence electrons. The molecule has 0 bridgehead atoms. The third-order valence-electron chi connectivity index (χ3n) is 7.62. The minimum atomic E-state index is -3.80. The summed E-state index contributed by atoms with van der Waals surface area (Å²) < 4.78 is 51.7. The number of hydrogen-bond acceptors (Lipinski definition) is 9. The molecule has 6 rings (SSSR count). The Kier molecular flexibility index (Phi) is 7.84. The van der Waals surface area contributed by atoms with Crippen molar-refractivity contribution in [3.8, 4) is 11.4 Å². The summed E-state index contributed by atoms with van der Waals surface area (Å²) in [5.74, 6) is -0.831. The van der Waals surface area contributed by atoms with Crippen LogP contribution in [0, 0.1) is 5.82 Å². The number of aromatic nitrogens is 3. The Morgan fingerprint density at radius 1 is 1.05 bits per heavy atom. The largest absolute Gasteiger partial charge is 0.373 e. The van der Waals surface area contributed by atoms with Crippen LogP contribution in [0.2, 0.25) is 0 Å². The standard InChI is InChI=1S/C31H32FN5O5S/c1-18-16-37(17-19(2)42-18)29-6-4-5-25(36-29)26-8-7-21-14-33-23(13-27(21)35-26)15-34-31(38)22-11-24(32)30-20(3)41-9-10-43(39,40)28(30)12-22/h4-8,11-14,18-20H,9-10,15-17H2,1-3H3,(H,34,38)/t18-,19+,20-/m0/s1. The number of fused-ring (bicyclic) bond motifs is 2. The molecule has 3 atom stereocenters. The molecule has 0 unspecified atom stereocenters. The van der Waals surface area contributed by atoms with Crippen LogP contribution in [0.1, 0.15) is 48.5 Å². The maximum Gasteiger partial charge on any atom is 0.251 e. The number of benzene rings is 1. The number of carbonyl (C=O) groups is 1. The van der Waals surface area contributed by atoms with Gasteiger partial charge in [-0.15, -0.1) is 0 Å². The van der Waals surface area contributed by atoms with Crippen molar-refractivity contribution < 1.29 is 27.1 Å². The number of rotatable bonds is 5. The van der Waals surface area contributed by atoms with Gasteiger partial charge in [-0.3, -0.25) is 9.78 Å². The van der Waals surface area contributed by atoms with Crippen molar-refractivity contribution in [2.75, 3.05) is 30.3 Å². The van der Waals surface area contributed by atoms with E-state index in [1.807, 2.05) is 30.3 Å². The van der Waals surface area contributed by atoms with Gasteiger partial charge in [-0.25, -0.2) is 22.8 Å². The average Bonchev–Trinajstić information content (AvgIpc) is 3.09. The first-order valence-corrected chi connectivity index (χ1v) is 15.8. The highest BCUT2D eigenvalue weighted by atomic mass is 32.2. The van der Waals surface area contributed by atoms with Crippen LogP contribution in [0.3, 0.4) is 0 Å². The molecule has 2 aliphatic rings. The number of morpholine rings is 1. The minimum absolute atomic E-state index is 0.0345. The lowest BCUT2D eigenvalue weighted by atomic mass is 10.1. The minimum Gasteiger partial charge on any atom is -0.373 e. The van der Waals surface area contributed by atoms with Gasteiger partial charge in [0.15, 0.2) is 9.84 Å². The number of ether oxygens (including phenoxy) is 2. The van der Waals surface area contributed by atoms with E-state index in [0.717, 1.165) is 36.1 Å². The summed E-state index contributed by atoms with van der Waals surface area (Å²) in [7, 11) is -3.80. The molecule has 4 aromatic rings. The molecular weight excluding hydrogens is 573 g/mol. The number of halogens is 1. The summed E-state index contributed by atoms with van der Waals surface area (Å²) >= 11 is 0. The second-order valence-electron chi connectivity index (χ2n) is 11.0. The number of pyridine rings is 3. The maximum atomic E-state index is 15.0. The van der Waals surface area contributed by atoms with Crippen molar-refractivity contribution in [1.82, 2.24) is 20.3 Å². The molecular formula is C31H32FN5O5S. The molecule has 5 heterocycles. The topological polar surface area (TPSA) is 124 Å². The fourth-order valence-electron chi connectivity index (χ4n) is 5.58. The van der Waals surface area contributed by atoms with Crippen molar-refractivity contribution in [2.24, 2.45) is 0 Å². The number of sulfone groups is 1. The Morgan fingerprint density at radius 3 is 2.60 bits per heavy atom. The SMILES string of the molecule is C[C@@H]1CN(c2cccc(-c3ccc4cnc(CNC(=O)c5cc(F)c6c(c5)S(=O)(=O)CCO[C@H]6C)cc4n3)n2)C[C@H](C)O1. The van der Waals surface area contributed by atoms with E-state index >= 15 is 0 Å². The Balaban J connectivity index is 1.21. The molecule has 1 fully saturated rings. The highest BCUT2D eigenvalue weighted by molar-refractivity contribution is 7.91. The number of carbonyl (C=O) groups excluding carboxylic acids is 1. The normalized spacial score (nSPS) is 21.7. The van der Waals surface area contributed by atoms with E-state index in [0.29, 0.717) is 16.9 Å². The first kappa shape index (κ1) is 29.1. The molecule has 0 saturated carbocycles. The molecule has 12 heteroatoms. The van der Waals surface area contributed by atoms with Gasteiger partial charge < -0.3 is 19.7 Å². The first-order chi connectivity index (χ1) is 20.6. The Labute approximate surface area is 249 Å². The van der Waals surface area contributed by atoms with Crippen molar-refractivity contribution in [2.45, 2.75) is 50.5 Å². The van der Waals surface area contributed by atoms with E-state index in [9.17, 15) is 17.6 Å². The molecule has 1 saturated heterocycles. The van der Waals surface area contributed by atoms with Crippen LogP contribution in [-0.4, -0.2) is 66.9 Å². The number of nitrogens with zero attached hydrogens (tertiary/aromatic N) is 4. The smallest absolute Gasteiger partial charge is 0.251 e. The van der Waals surface area contributed by atoms with Crippen LogP contribution >= 0.6 is 0 Å². The molecule has 1 N–H and O–H groups in total. The molecule has 0 aliphatic carbocycles. The molecule has 1 amide bonds. The van der Waals surface area contributed by atoms with Crippen LogP contribution in [0.4, 0.5) is 10.2 Å². The van der Waals surface area contributed by atoms with Gasteiger partial charge >= 0.3 is 0 Å². The summed E-state index contributed by atoms with van der Waals surface area (Å²) in [6.45, 7) is 7.20. The zero-order chi connectivity index (χ0) is 30.3. The van der Waals surface area contributed by atoms with Gasteiger partial charge in [0.2, 0.25) is 0 Å². The average molecular weight is 606 g/mol. The van der Waals surface area contributed by atoms with Crippen molar-refractivity contribution in [1.29, 1.82) is 0 Å². The molecule has 0 spiro atoms. The van der Waals surface area contributed by atoms with Crippen LogP contribution in [0.15, 0.2) is 59.6 Å². The maximum absolute atomic E-state index is 15.0. The third-order valence-corrected chi connectivity index (χ3v) is 9.33. The van der Waals surface area contributed by atoms with Gasteiger partial charge in [-0.05, 0) is 63.2 Å². The summed E-state index contributed by atoms with van der Waals surface area (Å²) in [5, 5.41) is 3.53. The summed E-state index contributed by atoms with van der Waals surface area (Å²) in [6.07, 6.45) is 1.15. The van der Waals surface area contributed by atoms with Crippen molar-refractivity contribution in [3.63, 3.8) is 0 Å². The van der Waals surface area contributed by atoms with Gasteiger partial charge in [0, 0.05) is 35.8 Å². The monoisotopic (exact) mass is 605 g/mol. The molecule has 1 aromatic carbocycles. The van der Waals surface area contributed by atoms with Crippen LogP contribution in [0.5, 0.6) is 0 Å². The zero-order valence-corrected chi connectivity index (χ0v) is 24.9. The van der Waals surface area contributed by atoms with Crippen LogP contribution in [-0.2, 0) is 25.9 Å². The number of amides is 1. The highest BCUT2D eigenvalue weighted by Crippen LogP contribution is 2.32. The van der Waals surface area contributed by atoms with E-state index in [1.165, 1.54) is 6.07 Å². The molecule has 0 radical (unpaired) electrons. The quantitative estimate of drug-likeness (QED) is 0.356. The van der Waals surface area contributed by atoms with E-state index in [1.54, 1.807) is 19.2 Å². The Bertz CT molecular complexity index is 1810. The summed E-state index contributed by atoms with van der Waals surface area (Å²) in [5.41, 5.74) is 2.50. The predicted octanol–water partition coefficient (Wildman–Crippen LogP) is 4.24. The fourth-order valence-corrected chi connectivity index (χ4v) is 7.02. The van der Waals surface area contributed by atoms with Crippen LogP contribution in [0.25, 0.3) is 22.3 Å². The summed E-state index contributed by atoms with van der Waals surface area (Å²) in [6, 6.07) is 13.7. The zero-order valence-electron chi connectivity index (χ0n) is 24.1. The van der Waals surface area contributed by atoms with Crippen molar-refractivity contribution >= 4 is 32.5 Å². The lowest BCUT2D eigenvalue weighted by molar-refractivity contribution is -0.00545. The van der Waals surface area contributed by atoms with E-state index < -0.39 is 27.7 Å². The first-order valence-electron chi connectivity index (χ1n) is 14.2. The molecule has 10 nitrogen and oxygen atoms in total.